The summed E-state index contributed by atoms with van der Waals surface area (Å²) in [5, 5.41) is 30.2. The lowest BCUT2D eigenvalue weighted by atomic mass is 9.99. The lowest BCUT2D eigenvalue weighted by Crippen LogP contribution is -2.40. The molecule has 2 rings (SSSR count). The minimum absolute atomic E-state index is 0.0567. The number of amides is 1. The van der Waals surface area contributed by atoms with Gasteiger partial charge in [-0.15, -0.1) is 0 Å². The van der Waals surface area contributed by atoms with Gasteiger partial charge in [-0.3, -0.25) is 14.9 Å². The highest BCUT2D eigenvalue weighted by Crippen LogP contribution is 2.23. The molecule has 0 spiro atoms. The van der Waals surface area contributed by atoms with Crippen LogP contribution in [-0.2, 0) is 10.4 Å². The third-order valence-corrected chi connectivity index (χ3v) is 4.00. The van der Waals surface area contributed by atoms with E-state index in [4.69, 9.17) is 0 Å². The van der Waals surface area contributed by atoms with E-state index in [-0.39, 0.29) is 30.4 Å². The zero-order valence-electron chi connectivity index (χ0n) is 12.5. The van der Waals surface area contributed by atoms with E-state index in [0.29, 0.717) is 0 Å². The predicted octanol–water partition coefficient (Wildman–Crippen LogP) is 2.09. The average molecular weight is 335 g/mol. The molecule has 0 saturated heterocycles. The molecule has 0 fully saturated rings. The summed E-state index contributed by atoms with van der Waals surface area (Å²) in [7, 11) is 0. The lowest BCUT2D eigenvalue weighted by Gasteiger charge is -2.22. The lowest BCUT2D eigenvalue weighted by molar-refractivity contribution is -0.383. The van der Waals surface area contributed by atoms with Gasteiger partial charge in [-0.2, -0.15) is 11.3 Å². The molecular formula is C15H17N3O4S. The van der Waals surface area contributed by atoms with E-state index in [1.165, 1.54) is 23.5 Å². The Hall–Kier alpha value is -2.45. The number of carbonyl (C=O) groups is 1. The Bertz CT molecular complexity index is 686. The third kappa shape index (κ3) is 4.51. The monoisotopic (exact) mass is 335 g/mol. The second kappa shape index (κ2) is 7.21. The van der Waals surface area contributed by atoms with Gasteiger partial charge in [0.1, 0.15) is 11.3 Å². The molecule has 2 aromatic rings. The molecule has 0 bridgehead atoms. The maximum absolute atomic E-state index is 11.9. The normalized spacial score (nSPS) is 13.1. The Morgan fingerprint density at radius 2 is 2.13 bits per heavy atom. The summed E-state index contributed by atoms with van der Waals surface area (Å²) in [6.07, 6.45) is 0. The Morgan fingerprint density at radius 1 is 1.39 bits per heavy atom. The number of aliphatic hydroxyl groups is 1. The number of anilines is 1. The number of nitro groups is 1. The number of nitro benzene ring substituents is 1. The van der Waals surface area contributed by atoms with Crippen LogP contribution in [0.4, 0.5) is 11.4 Å². The number of carbonyl (C=O) groups excluding carboxylic acids is 1. The van der Waals surface area contributed by atoms with E-state index in [9.17, 15) is 20.0 Å². The molecule has 122 valence electrons. The SMILES string of the molecule is CC(O)(CNC(=O)CNc1ccccc1[N+](=O)[O-])c1ccsc1. The summed E-state index contributed by atoms with van der Waals surface area (Å²) < 4.78 is 0. The second-order valence-corrected chi connectivity index (χ2v) is 5.97. The molecule has 0 aliphatic heterocycles. The van der Waals surface area contributed by atoms with Gasteiger partial charge in [-0.05, 0) is 35.4 Å². The van der Waals surface area contributed by atoms with Crippen molar-refractivity contribution in [1.82, 2.24) is 5.32 Å². The molecule has 0 aliphatic rings. The number of rotatable bonds is 7. The highest BCUT2D eigenvalue weighted by atomic mass is 32.1. The molecule has 8 heteroatoms. The van der Waals surface area contributed by atoms with Crippen molar-refractivity contribution in [1.29, 1.82) is 0 Å². The standard InChI is InChI=1S/C15H17N3O4S/c1-15(20,11-6-7-23-9-11)10-17-14(19)8-16-12-4-2-3-5-13(12)18(21)22/h2-7,9,16,20H,8,10H2,1H3,(H,17,19). The summed E-state index contributed by atoms with van der Waals surface area (Å²) >= 11 is 1.46. The first-order valence-electron chi connectivity index (χ1n) is 6.89. The summed E-state index contributed by atoms with van der Waals surface area (Å²) in [5.74, 6) is -0.362. The Labute approximate surface area is 137 Å². The highest BCUT2D eigenvalue weighted by Gasteiger charge is 2.24. The minimum Gasteiger partial charge on any atom is -0.384 e. The van der Waals surface area contributed by atoms with Crippen molar-refractivity contribution in [2.45, 2.75) is 12.5 Å². The van der Waals surface area contributed by atoms with Gasteiger partial charge in [0.05, 0.1) is 18.0 Å². The first-order valence-corrected chi connectivity index (χ1v) is 7.83. The highest BCUT2D eigenvalue weighted by molar-refractivity contribution is 7.08. The van der Waals surface area contributed by atoms with Gasteiger partial charge in [-0.25, -0.2) is 0 Å². The Kier molecular flexibility index (Phi) is 5.30. The molecule has 1 amide bonds. The zero-order chi connectivity index (χ0) is 16.9. The number of nitrogens with zero attached hydrogens (tertiary/aromatic N) is 1. The molecule has 1 heterocycles. The van der Waals surface area contributed by atoms with Crippen molar-refractivity contribution in [2.24, 2.45) is 0 Å². The van der Waals surface area contributed by atoms with Crippen LogP contribution in [0.1, 0.15) is 12.5 Å². The molecular weight excluding hydrogens is 318 g/mol. The van der Waals surface area contributed by atoms with Gasteiger partial charge >= 0.3 is 0 Å². The molecule has 7 nitrogen and oxygen atoms in total. The Morgan fingerprint density at radius 3 is 2.78 bits per heavy atom. The smallest absolute Gasteiger partial charge is 0.292 e. The molecule has 0 saturated carbocycles. The maximum Gasteiger partial charge on any atom is 0.292 e. The molecule has 1 aromatic carbocycles. The van der Waals surface area contributed by atoms with E-state index in [1.54, 1.807) is 25.1 Å². The van der Waals surface area contributed by atoms with E-state index >= 15 is 0 Å². The number of hydrogen-bond acceptors (Lipinski definition) is 6. The summed E-state index contributed by atoms with van der Waals surface area (Å²) in [6.45, 7) is 1.55. The van der Waals surface area contributed by atoms with Crippen molar-refractivity contribution in [3.8, 4) is 0 Å². The fourth-order valence-corrected chi connectivity index (χ4v) is 2.75. The van der Waals surface area contributed by atoms with E-state index < -0.39 is 10.5 Å². The minimum atomic E-state index is -1.16. The van der Waals surface area contributed by atoms with E-state index in [0.717, 1.165) is 5.56 Å². The van der Waals surface area contributed by atoms with Crippen molar-refractivity contribution < 1.29 is 14.8 Å². The van der Waals surface area contributed by atoms with Crippen LogP contribution >= 0.6 is 11.3 Å². The molecule has 3 N–H and O–H groups in total. The maximum atomic E-state index is 11.9. The molecule has 0 aliphatic carbocycles. The number of benzene rings is 1. The molecule has 23 heavy (non-hydrogen) atoms. The number of nitrogens with one attached hydrogen (secondary N) is 2. The largest absolute Gasteiger partial charge is 0.384 e. The first kappa shape index (κ1) is 16.9. The molecule has 0 radical (unpaired) electrons. The van der Waals surface area contributed by atoms with Crippen LogP contribution in [0, 0.1) is 10.1 Å². The summed E-state index contributed by atoms with van der Waals surface area (Å²) in [5.41, 5.74) is -0.244. The van der Waals surface area contributed by atoms with Crippen molar-refractivity contribution >= 4 is 28.6 Å². The van der Waals surface area contributed by atoms with Gasteiger partial charge in [0.25, 0.3) is 5.69 Å². The molecule has 1 aromatic heterocycles. The third-order valence-electron chi connectivity index (χ3n) is 3.31. The van der Waals surface area contributed by atoms with E-state index in [1.807, 2.05) is 10.8 Å². The van der Waals surface area contributed by atoms with Gasteiger partial charge < -0.3 is 15.7 Å². The fraction of sp³-hybridized carbons (Fsp3) is 0.267. The summed E-state index contributed by atoms with van der Waals surface area (Å²) in [6, 6.07) is 7.90. The van der Waals surface area contributed by atoms with E-state index in [2.05, 4.69) is 10.6 Å². The number of hydrogen-bond donors (Lipinski definition) is 3. The first-order chi connectivity index (χ1) is 10.9. The van der Waals surface area contributed by atoms with Crippen LogP contribution in [0.5, 0.6) is 0 Å². The van der Waals surface area contributed by atoms with Crippen molar-refractivity contribution in [3.63, 3.8) is 0 Å². The molecule has 1 atom stereocenters. The Balaban J connectivity index is 1.88. The van der Waals surface area contributed by atoms with Crippen LogP contribution in [0.3, 0.4) is 0 Å². The van der Waals surface area contributed by atoms with Crippen LogP contribution < -0.4 is 10.6 Å². The van der Waals surface area contributed by atoms with Crippen molar-refractivity contribution in [2.75, 3.05) is 18.4 Å². The van der Waals surface area contributed by atoms with Gasteiger partial charge in [0, 0.05) is 6.07 Å². The van der Waals surface area contributed by atoms with Crippen molar-refractivity contribution in [3.05, 3.63) is 56.8 Å². The fourth-order valence-electron chi connectivity index (χ4n) is 1.96. The molecule has 1 unspecified atom stereocenters. The quantitative estimate of drug-likeness (QED) is 0.531. The number of para-hydroxylation sites is 2. The second-order valence-electron chi connectivity index (χ2n) is 5.19. The van der Waals surface area contributed by atoms with Gasteiger partial charge in [0.15, 0.2) is 0 Å². The average Bonchev–Trinajstić information content (AvgIpc) is 3.06. The predicted molar refractivity (Wildman–Crippen MR) is 88.5 cm³/mol. The zero-order valence-corrected chi connectivity index (χ0v) is 13.3. The van der Waals surface area contributed by atoms with Gasteiger partial charge in [0.2, 0.25) is 5.91 Å². The van der Waals surface area contributed by atoms with Gasteiger partial charge in [-0.1, -0.05) is 12.1 Å². The summed E-state index contributed by atoms with van der Waals surface area (Å²) in [4.78, 5) is 22.2. The van der Waals surface area contributed by atoms with Crippen LogP contribution in [-0.4, -0.2) is 29.0 Å². The number of thiophene rings is 1. The van der Waals surface area contributed by atoms with Crippen LogP contribution in [0.2, 0.25) is 0 Å². The van der Waals surface area contributed by atoms with Crippen LogP contribution in [0.15, 0.2) is 41.1 Å². The van der Waals surface area contributed by atoms with Crippen LogP contribution in [0.25, 0.3) is 0 Å². The topological polar surface area (TPSA) is 104 Å².